The lowest BCUT2D eigenvalue weighted by atomic mass is 9.84. The molecular formula is C12H26NP. The maximum absolute atomic E-state index is 6.28. The molecule has 0 radical (unpaired) electrons. The Morgan fingerprint density at radius 3 is 2.07 bits per heavy atom. The third kappa shape index (κ3) is 4.75. The van der Waals surface area contributed by atoms with Crippen LogP contribution in [-0.4, -0.2) is 10.7 Å². The van der Waals surface area contributed by atoms with Crippen LogP contribution in [0, 0.1) is 0 Å². The fraction of sp³-hybridized carbons (Fsp3) is 1.00. The van der Waals surface area contributed by atoms with Gasteiger partial charge in [-0.05, 0) is 37.8 Å². The van der Waals surface area contributed by atoms with Crippen LogP contribution < -0.4 is 5.73 Å². The summed E-state index contributed by atoms with van der Waals surface area (Å²) in [5.74, 6) is 0. The highest BCUT2D eigenvalue weighted by Crippen LogP contribution is 2.34. The maximum atomic E-state index is 6.28. The summed E-state index contributed by atoms with van der Waals surface area (Å²) in [6, 6.07) is 0. The molecule has 0 amide bonds. The second-order valence-corrected chi connectivity index (χ2v) is 7.12. The van der Waals surface area contributed by atoms with Gasteiger partial charge in [0.15, 0.2) is 0 Å². The van der Waals surface area contributed by atoms with Crippen LogP contribution in [-0.2, 0) is 0 Å². The molecule has 0 aromatic rings. The summed E-state index contributed by atoms with van der Waals surface area (Å²) in [6.45, 7) is 4.57. The molecule has 0 bridgehead atoms. The van der Waals surface area contributed by atoms with Gasteiger partial charge >= 0.3 is 0 Å². The van der Waals surface area contributed by atoms with E-state index in [1.54, 1.807) is 0 Å². The van der Waals surface area contributed by atoms with Crippen LogP contribution in [0.25, 0.3) is 0 Å². The Morgan fingerprint density at radius 2 is 1.43 bits per heavy atom. The number of rotatable bonds is 0. The Kier molecular flexibility index (Phi) is 4.40. The molecule has 1 rings (SSSR count). The summed E-state index contributed by atoms with van der Waals surface area (Å²) < 4.78 is 0. The van der Waals surface area contributed by atoms with Crippen LogP contribution in [0.15, 0.2) is 0 Å². The molecule has 0 aromatic heterocycles. The van der Waals surface area contributed by atoms with Gasteiger partial charge in [0.2, 0.25) is 0 Å². The summed E-state index contributed by atoms with van der Waals surface area (Å²) in [4.78, 5) is 0. The van der Waals surface area contributed by atoms with E-state index in [1.165, 1.54) is 51.4 Å². The van der Waals surface area contributed by atoms with Crippen molar-refractivity contribution < 1.29 is 0 Å². The largest absolute Gasteiger partial charge is 0.325 e. The van der Waals surface area contributed by atoms with Gasteiger partial charge in [-0.15, -0.1) is 9.24 Å². The summed E-state index contributed by atoms with van der Waals surface area (Å²) in [7, 11) is 3.03. The van der Waals surface area contributed by atoms with Gasteiger partial charge in [-0.25, -0.2) is 0 Å². The van der Waals surface area contributed by atoms with Crippen molar-refractivity contribution in [3.63, 3.8) is 0 Å². The molecule has 1 nitrogen and oxygen atoms in total. The van der Waals surface area contributed by atoms with Crippen molar-refractivity contribution in [2.75, 3.05) is 0 Å². The zero-order valence-corrected chi connectivity index (χ0v) is 11.0. The topological polar surface area (TPSA) is 26.0 Å². The van der Waals surface area contributed by atoms with Gasteiger partial charge in [0.1, 0.15) is 0 Å². The van der Waals surface area contributed by atoms with E-state index in [0.29, 0.717) is 5.16 Å². The molecule has 84 valence electrons. The molecule has 1 fully saturated rings. The van der Waals surface area contributed by atoms with Crippen molar-refractivity contribution >= 4 is 9.24 Å². The lowest BCUT2D eigenvalue weighted by Gasteiger charge is -2.32. The molecule has 0 aromatic carbocycles. The van der Waals surface area contributed by atoms with Gasteiger partial charge in [0.05, 0.1) is 0 Å². The third-order valence-corrected chi connectivity index (χ3v) is 4.09. The third-order valence-electron chi connectivity index (χ3n) is 3.51. The number of nitrogens with two attached hydrogens (primary N) is 1. The van der Waals surface area contributed by atoms with E-state index >= 15 is 0 Å². The summed E-state index contributed by atoms with van der Waals surface area (Å²) in [6.07, 6.45) is 10.4. The van der Waals surface area contributed by atoms with Crippen molar-refractivity contribution in [1.29, 1.82) is 0 Å². The minimum absolute atomic E-state index is 0.0785. The van der Waals surface area contributed by atoms with Crippen LogP contribution in [0.1, 0.15) is 65.2 Å². The first-order valence-electron chi connectivity index (χ1n) is 5.99. The molecule has 0 aliphatic heterocycles. The molecule has 1 saturated carbocycles. The highest BCUT2D eigenvalue weighted by atomic mass is 31.0. The fourth-order valence-electron chi connectivity index (χ4n) is 2.23. The van der Waals surface area contributed by atoms with E-state index in [9.17, 15) is 0 Å². The highest BCUT2D eigenvalue weighted by molar-refractivity contribution is 7.18. The predicted octanol–water partition coefficient (Wildman–Crippen LogP) is 3.47. The first-order chi connectivity index (χ1) is 6.41. The van der Waals surface area contributed by atoms with Gasteiger partial charge in [0.25, 0.3) is 0 Å². The van der Waals surface area contributed by atoms with E-state index in [2.05, 4.69) is 23.1 Å². The summed E-state index contributed by atoms with van der Waals surface area (Å²) >= 11 is 0. The SMILES string of the molecule is CC1(N)CCCCCCC(C)(P)CC1. The molecular weight excluding hydrogens is 189 g/mol. The first kappa shape index (κ1) is 12.5. The Bertz CT molecular complexity index is 155. The van der Waals surface area contributed by atoms with E-state index in [1.807, 2.05) is 0 Å². The first-order valence-corrected chi connectivity index (χ1v) is 6.57. The van der Waals surface area contributed by atoms with Gasteiger partial charge in [-0.2, -0.15) is 0 Å². The van der Waals surface area contributed by atoms with Crippen molar-refractivity contribution in [3.05, 3.63) is 0 Å². The molecule has 3 atom stereocenters. The van der Waals surface area contributed by atoms with Crippen LogP contribution in [0.5, 0.6) is 0 Å². The number of hydrogen-bond acceptors (Lipinski definition) is 1. The minimum Gasteiger partial charge on any atom is -0.325 e. The Morgan fingerprint density at radius 1 is 0.857 bits per heavy atom. The Balaban J connectivity index is 2.50. The van der Waals surface area contributed by atoms with Crippen LogP contribution in [0.3, 0.4) is 0 Å². The second kappa shape index (κ2) is 4.94. The highest BCUT2D eigenvalue weighted by Gasteiger charge is 2.25. The van der Waals surface area contributed by atoms with Gasteiger partial charge in [0, 0.05) is 5.54 Å². The molecule has 0 heterocycles. The fourth-order valence-corrected chi connectivity index (χ4v) is 2.58. The number of hydrogen-bond donors (Lipinski definition) is 1. The predicted molar refractivity (Wildman–Crippen MR) is 67.6 cm³/mol. The molecule has 3 unspecified atom stereocenters. The van der Waals surface area contributed by atoms with Crippen LogP contribution >= 0.6 is 9.24 Å². The summed E-state index contributed by atoms with van der Waals surface area (Å²) in [5, 5.41) is 0.429. The van der Waals surface area contributed by atoms with Crippen molar-refractivity contribution in [3.8, 4) is 0 Å². The quantitative estimate of drug-likeness (QED) is 0.615. The zero-order chi connectivity index (χ0) is 10.7. The molecule has 1 aliphatic rings. The molecule has 2 heteroatoms. The minimum atomic E-state index is 0.0785. The average Bonchev–Trinajstić information content (AvgIpc) is 2.08. The molecule has 14 heavy (non-hydrogen) atoms. The second-order valence-electron chi connectivity index (χ2n) is 5.72. The molecule has 2 N–H and O–H groups in total. The average molecular weight is 215 g/mol. The van der Waals surface area contributed by atoms with E-state index in [-0.39, 0.29) is 5.54 Å². The van der Waals surface area contributed by atoms with Gasteiger partial charge in [-0.1, -0.05) is 32.6 Å². The van der Waals surface area contributed by atoms with Crippen molar-refractivity contribution in [2.24, 2.45) is 5.73 Å². The van der Waals surface area contributed by atoms with Crippen LogP contribution in [0.4, 0.5) is 0 Å². The smallest absolute Gasteiger partial charge is 0.0126 e. The lowest BCUT2D eigenvalue weighted by Crippen LogP contribution is -2.38. The van der Waals surface area contributed by atoms with Crippen LogP contribution in [0.2, 0.25) is 0 Å². The van der Waals surface area contributed by atoms with Crippen molar-refractivity contribution in [2.45, 2.75) is 75.9 Å². The normalized spacial score (nSPS) is 42.0. The van der Waals surface area contributed by atoms with Gasteiger partial charge < -0.3 is 5.73 Å². The van der Waals surface area contributed by atoms with Crippen molar-refractivity contribution in [1.82, 2.24) is 0 Å². The maximum Gasteiger partial charge on any atom is 0.0126 e. The Labute approximate surface area is 91.4 Å². The van der Waals surface area contributed by atoms with Gasteiger partial charge in [-0.3, -0.25) is 0 Å². The Hall–Kier alpha value is 0.390. The lowest BCUT2D eigenvalue weighted by molar-refractivity contribution is 0.331. The van der Waals surface area contributed by atoms with E-state index in [4.69, 9.17) is 5.73 Å². The van der Waals surface area contributed by atoms with E-state index in [0.717, 1.165) is 0 Å². The van der Waals surface area contributed by atoms with E-state index < -0.39 is 0 Å². The molecule has 0 saturated heterocycles. The molecule has 0 spiro atoms. The standard InChI is InChI=1S/C12H26NP/c1-11(13)7-5-3-4-6-8-12(2,14)10-9-11/h3-10,13-14H2,1-2H3. The zero-order valence-electron chi connectivity index (χ0n) is 9.81. The summed E-state index contributed by atoms with van der Waals surface area (Å²) in [5.41, 5.74) is 6.36. The molecule has 1 aliphatic carbocycles. The monoisotopic (exact) mass is 215 g/mol.